The Bertz CT molecular complexity index is 564. The van der Waals surface area contributed by atoms with Gasteiger partial charge in [0.2, 0.25) is 10.0 Å². The lowest BCUT2D eigenvalue weighted by molar-refractivity contribution is 0.281. The highest BCUT2D eigenvalue weighted by Crippen LogP contribution is 2.28. The zero-order valence-electron chi connectivity index (χ0n) is 11.4. The van der Waals surface area contributed by atoms with Crippen LogP contribution in [0.2, 0.25) is 10.0 Å². The number of aliphatic hydroxyl groups is 1. The minimum Gasteiger partial charge on any atom is -0.392 e. The van der Waals surface area contributed by atoms with Gasteiger partial charge in [0, 0.05) is 18.1 Å². The Kier molecular flexibility index (Phi) is 6.71. The Hall–Kier alpha value is -0.370. The van der Waals surface area contributed by atoms with Crippen LogP contribution in [0.5, 0.6) is 0 Å². The lowest BCUT2D eigenvalue weighted by Gasteiger charge is -2.15. The number of hydrogen-bond acceptors (Lipinski definition) is 4. The summed E-state index contributed by atoms with van der Waals surface area (Å²) in [4.78, 5) is 1.90. The van der Waals surface area contributed by atoms with E-state index in [1.54, 1.807) is 0 Å². The first kappa shape index (κ1) is 17.7. The van der Waals surface area contributed by atoms with Gasteiger partial charge in [-0.05, 0) is 31.3 Å². The van der Waals surface area contributed by atoms with E-state index in [1.807, 2.05) is 18.9 Å². The molecule has 1 rings (SSSR count). The van der Waals surface area contributed by atoms with Crippen LogP contribution in [0.15, 0.2) is 17.0 Å². The van der Waals surface area contributed by atoms with Crippen molar-refractivity contribution in [3.8, 4) is 0 Å². The monoisotopic (exact) mass is 340 g/mol. The minimum absolute atomic E-state index is 0.0311. The van der Waals surface area contributed by atoms with Gasteiger partial charge in [-0.25, -0.2) is 13.1 Å². The second-order valence-corrected chi connectivity index (χ2v) is 6.88. The van der Waals surface area contributed by atoms with Crippen molar-refractivity contribution < 1.29 is 13.5 Å². The molecule has 0 saturated carbocycles. The summed E-state index contributed by atoms with van der Waals surface area (Å²) in [6.07, 6.45) is 0. The standard InChI is InChI=1S/C12H18Cl2N2O3S/c1-3-16(2)5-4-15-20(18,19)12-6-9(8-17)10(13)7-11(12)14/h6-7,15,17H,3-5,8H2,1-2H3. The lowest BCUT2D eigenvalue weighted by Crippen LogP contribution is -2.33. The van der Waals surface area contributed by atoms with Gasteiger partial charge in [-0.2, -0.15) is 0 Å². The molecular formula is C12H18Cl2N2O3S. The van der Waals surface area contributed by atoms with E-state index in [-0.39, 0.29) is 28.1 Å². The summed E-state index contributed by atoms with van der Waals surface area (Å²) in [6.45, 7) is 3.33. The number of likely N-dealkylation sites (N-methyl/N-ethyl adjacent to an activating group) is 1. The molecule has 0 spiro atoms. The highest BCUT2D eigenvalue weighted by molar-refractivity contribution is 7.89. The summed E-state index contributed by atoms with van der Waals surface area (Å²) in [6, 6.07) is 2.61. The number of aliphatic hydroxyl groups excluding tert-OH is 1. The van der Waals surface area contributed by atoms with Crippen molar-refractivity contribution in [2.24, 2.45) is 0 Å². The van der Waals surface area contributed by atoms with Crippen LogP contribution in [-0.2, 0) is 16.6 Å². The second kappa shape index (κ2) is 7.59. The average Bonchev–Trinajstić information content (AvgIpc) is 2.38. The molecule has 0 aromatic heterocycles. The molecule has 0 atom stereocenters. The van der Waals surface area contributed by atoms with Crippen LogP contribution in [-0.4, -0.2) is 45.1 Å². The Labute approximate surface area is 129 Å². The van der Waals surface area contributed by atoms with Crippen molar-refractivity contribution in [3.05, 3.63) is 27.7 Å². The summed E-state index contributed by atoms with van der Waals surface area (Å²) < 4.78 is 26.8. The van der Waals surface area contributed by atoms with Crippen molar-refractivity contribution in [2.75, 3.05) is 26.7 Å². The van der Waals surface area contributed by atoms with Gasteiger partial charge in [0.15, 0.2) is 0 Å². The molecule has 0 unspecified atom stereocenters. The van der Waals surface area contributed by atoms with Crippen LogP contribution in [0.3, 0.4) is 0 Å². The van der Waals surface area contributed by atoms with Gasteiger partial charge < -0.3 is 10.0 Å². The number of sulfonamides is 1. The zero-order valence-corrected chi connectivity index (χ0v) is 13.7. The maximum atomic E-state index is 12.2. The quantitative estimate of drug-likeness (QED) is 0.792. The molecule has 0 bridgehead atoms. The number of hydrogen-bond donors (Lipinski definition) is 2. The summed E-state index contributed by atoms with van der Waals surface area (Å²) in [5.41, 5.74) is 0.321. The van der Waals surface area contributed by atoms with E-state index in [2.05, 4.69) is 4.72 Å². The van der Waals surface area contributed by atoms with Gasteiger partial charge in [0.1, 0.15) is 4.90 Å². The van der Waals surface area contributed by atoms with Gasteiger partial charge in [-0.3, -0.25) is 0 Å². The number of rotatable bonds is 7. The molecule has 1 aromatic rings. The molecule has 1 aromatic carbocycles. The van der Waals surface area contributed by atoms with E-state index in [0.29, 0.717) is 12.1 Å². The third kappa shape index (κ3) is 4.58. The lowest BCUT2D eigenvalue weighted by atomic mass is 10.2. The Morgan fingerprint density at radius 1 is 1.30 bits per heavy atom. The maximum absolute atomic E-state index is 12.2. The van der Waals surface area contributed by atoms with E-state index in [0.717, 1.165) is 6.54 Å². The first-order valence-electron chi connectivity index (χ1n) is 6.08. The molecule has 0 fully saturated rings. The molecule has 0 aliphatic rings. The molecule has 0 heterocycles. The Morgan fingerprint density at radius 2 is 1.95 bits per heavy atom. The molecule has 0 aliphatic carbocycles. The van der Waals surface area contributed by atoms with E-state index < -0.39 is 10.0 Å². The van der Waals surface area contributed by atoms with Crippen LogP contribution < -0.4 is 4.72 Å². The molecule has 0 radical (unpaired) electrons. The zero-order chi connectivity index (χ0) is 15.3. The average molecular weight is 341 g/mol. The largest absolute Gasteiger partial charge is 0.392 e. The van der Waals surface area contributed by atoms with Crippen molar-refractivity contribution in [1.82, 2.24) is 9.62 Å². The Morgan fingerprint density at radius 3 is 2.50 bits per heavy atom. The smallest absolute Gasteiger partial charge is 0.242 e. The number of nitrogens with one attached hydrogen (secondary N) is 1. The van der Waals surface area contributed by atoms with E-state index >= 15 is 0 Å². The predicted molar refractivity (Wildman–Crippen MR) is 80.7 cm³/mol. The van der Waals surface area contributed by atoms with Crippen LogP contribution in [0.25, 0.3) is 0 Å². The number of halogens is 2. The molecule has 0 amide bonds. The van der Waals surface area contributed by atoms with E-state index in [9.17, 15) is 8.42 Å². The molecule has 5 nitrogen and oxygen atoms in total. The van der Waals surface area contributed by atoms with E-state index in [4.69, 9.17) is 28.3 Å². The fourth-order valence-corrected chi connectivity index (χ4v) is 3.38. The molecular weight excluding hydrogens is 323 g/mol. The van der Waals surface area contributed by atoms with Gasteiger partial charge in [0.25, 0.3) is 0 Å². The first-order valence-corrected chi connectivity index (χ1v) is 8.32. The summed E-state index contributed by atoms with van der Waals surface area (Å²) in [7, 11) is -1.83. The first-order chi connectivity index (χ1) is 9.31. The summed E-state index contributed by atoms with van der Waals surface area (Å²) in [5.74, 6) is 0. The fraction of sp³-hybridized carbons (Fsp3) is 0.500. The normalized spacial score (nSPS) is 12.1. The van der Waals surface area contributed by atoms with Crippen LogP contribution in [0.1, 0.15) is 12.5 Å². The fourth-order valence-electron chi connectivity index (χ4n) is 1.51. The molecule has 0 saturated heterocycles. The third-order valence-electron chi connectivity index (χ3n) is 2.89. The van der Waals surface area contributed by atoms with Crippen LogP contribution in [0, 0.1) is 0 Å². The number of benzene rings is 1. The molecule has 0 aliphatic heterocycles. The second-order valence-electron chi connectivity index (χ2n) is 4.33. The topological polar surface area (TPSA) is 69.6 Å². The number of nitrogens with zero attached hydrogens (tertiary/aromatic N) is 1. The Balaban J connectivity index is 2.92. The van der Waals surface area contributed by atoms with Crippen molar-refractivity contribution in [3.63, 3.8) is 0 Å². The highest BCUT2D eigenvalue weighted by atomic mass is 35.5. The van der Waals surface area contributed by atoms with Gasteiger partial charge in [-0.1, -0.05) is 30.1 Å². The SMILES string of the molecule is CCN(C)CCNS(=O)(=O)c1cc(CO)c(Cl)cc1Cl. The summed E-state index contributed by atoms with van der Waals surface area (Å²) >= 11 is 11.8. The van der Waals surface area contributed by atoms with Crippen molar-refractivity contribution >= 4 is 33.2 Å². The minimum atomic E-state index is -3.72. The molecule has 2 N–H and O–H groups in total. The highest BCUT2D eigenvalue weighted by Gasteiger charge is 2.19. The van der Waals surface area contributed by atoms with Crippen molar-refractivity contribution in [1.29, 1.82) is 0 Å². The van der Waals surface area contributed by atoms with Gasteiger partial charge >= 0.3 is 0 Å². The van der Waals surface area contributed by atoms with Crippen LogP contribution >= 0.6 is 23.2 Å². The molecule has 114 valence electrons. The van der Waals surface area contributed by atoms with Crippen LogP contribution in [0.4, 0.5) is 0 Å². The summed E-state index contributed by atoms with van der Waals surface area (Å²) in [5, 5.41) is 9.40. The maximum Gasteiger partial charge on any atom is 0.242 e. The van der Waals surface area contributed by atoms with Crippen molar-refractivity contribution in [2.45, 2.75) is 18.4 Å². The molecule has 8 heteroatoms. The van der Waals surface area contributed by atoms with Gasteiger partial charge in [-0.15, -0.1) is 0 Å². The van der Waals surface area contributed by atoms with Gasteiger partial charge in [0.05, 0.1) is 11.6 Å². The predicted octanol–water partition coefficient (Wildman–Crippen LogP) is 1.72. The molecule has 20 heavy (non-hydrogen) atoms. The van der Waals surface area contributed by atoms with E-state index in [1.165, 1.54) is 12.1 Å². The third-order valence-corrected chi connectivity index (χ3v) is 5.16.